The van der Waals surface area contributed by atoms with Gasteiger partial charge in [0.15, 0.2) is 0 Å². The molecule has 0 N–H and O–H groups in total. The highest BCUT2D eigenvalue weighted by Gasteiger charge is 2.26. The van der Waals surface area contributed by atoms with Crippen LogP contribution < -0.4 is 4.90 Å². The Bertz CT molecular complexity index is 1970. The Morgan fingerprint density at radius 1 is 0.452 bits per heavy atom. The summed E-state index contributed by atoms with van der Waals surface area (Å²) in [6.07, 6.45) is 1.91. The first-order valence-electron chi connectivity index (χ1n) is 14.1. The fourth-order valence-electron chi connectivity index (χ4n) is 5.85. The Labute approximate surface area is 249 Å². The molecule has 0 amide bonds. The molecule has 0 bridgehead atoms. The highest BCUT2D eigenvalue weighted by atomic mass is 32.2. The van der Waals surface area contributed by atoms with E-state index in [2.05, 4.69) is 157 Å². The average molecular weight is 555 g/mol. The molecule has 6 aromatic carbocycles. The van der Waals surface area contributed by atoms with Crippen molar-refractivity contribution in [1.29, 1.82) is 0 Å². The van der Waals surface area contributed by atoms with Crippen molar-refractivity contribution in [1.82, 2.24) is 4.98 Å². The minimum atomic E-state index is 1.00. The third kappa shape index (κ3) is 4.36. The van der Waals surface area contributed by atoms with Gasteiger partial charge in [-0.1, -0.05) is 121 Å². The van der Waals surface area contributed by atoms with Crippen molar-refractivity contribution in [2.24, 2.45) is 0 Å². The molecular weight excluding hydrogens is 529 g/mol. The van der Waals surface area contributed by atoms with E-state index < -0.39 is 0 Å². The Hall–Kier alpha value is -5.12. The molecule has 2 nitrogen and oxygen atoms in total. The second-order valence-corrected chi connectivity index (χ2v) is 11.5. The highest BCUT2D eigenvalue weighted by Crippen LogP contribution is 2.53. The van der Waals surface area contributed by atoms with Gasteiger partial charge < -0.3 is 4.90 Å². The molecule has 1 aliphatic rings. The van der Waals surface area contributed by atoms with Crippen LogP contribution in [0.3, 0.4) is 0 Å². The first kappa shape index (κ1) is 24.7. The SMILES string of the molecule is c1ccc(-c2ccc3c(c2)Sc2cc(-c4ccccc4)ccc2N3c2cccc(-c3nccc4ccccc34)c2)cc1. The molecule has 1 aliphatic heterocycles. The molecule has 0 atom stereocenters. The molecule has 7 aromatic rings. The zero-order chi connectivity index (χ0) is 27.9. The van der Waals surface area contributed by atoms with Crippen molar-refractivity contribution in [2.75, 3.05) is 4.90 Å². The summed E-state index contributed by atoms with van der Waals surface area (Å²) in [6.45, 7) is 0. The second kappa shape index (κ2) is 10.4. The molecule has 198 valence electrons. The van der Waals surface area contributed by atoms with E-state index in [1.165, 1.54) is 48.8 Å². The van der Waals surface area contributed by atoms with E-state index in [1.54, 1.807) is 0 Å². The van der Waals surface area contributed by atoms with Gasteiger partial charge in [-0.3, -0.25) is 4.98 Å². The lowest BCUT2D eigenvalue weighted by Crippen LogP contribution is -2.15. The molecule has 0 radical (unpaired) electrons. The van der Waals surface area contributed by atoms with Gasteiger partial charge in [-0.15, -0.1) is 0 Å². The zero-order valence-corrected chi connectivity index (χ0v) is 23.6. The van der Waals surface area contributed by atoms with Crippen LogP contribution >= 0.6 is 11.8 Å². The number of pyridine rings is 1. The maximum absolute atomic E-state index is 4.82. The summed E-state index contributed by atoms with van der Waals surface area (Å²) in [6, 6.07) is 54.2. The van der Waals surface area contributed by atoms with E-state index in [4.69, 9.17) is 4.98 Å². The minimum absolute atomic E-state index is 1.00. The Kier molecular flexibility index (Phi) is 6.09. The van der Waals surface area contributed by atoms with Crippen LogP contribution in [0.25, 0.3) is 44.3 Å². The van der Waals surface area contributed by atoms with E-state index in [-0.39, 0.29) is 0 Å². The van der Waals surface area contributed by atoms with Crippen molar-refractivity contribution in [2.45, 2.75) is 9.79 Å². The summed E-state index contributed by atoms with van der Waals surface area (Å²) in [4.78, 5) is 9.70. The molecule has 0 fully saturated rings. The van der Waals surface area contributed by atoms with Crippen molar-refractivity contribution in [3.63, 3.8) is 0 Å². The lowest BCUT2D eigenvalue weighted by atomic mass is 10.0. The van der Waals surface area contributed by atoms with Crippen LogP contribution in [0.2, 0.25) is 0 Å². The minimum Gasteiger partial charge on any atom is -0.308 e. The lowest BCUT2D eigenvalue weighted by Gasteiger charge is -2.34. The van der Waals surface area contributed by atoms with E-state index >= 15 is 0 Å². The predicted molar refractivity (Wildman–Crippen MR) is 177 cm³/mol. The summed E-state index contributed by atoms with van der Waals surface area (Å²) in [7, 11) is 0. The third-order valence-electron chi connectivity index (χ3n) is 7.89. The molecule has 1 aromatic heterocycles. The van der Waals surface area contributed by atoms with Gasteiger partial charge in [-0.25, -0.2) is 0 Å². The van der Waals surface area contributed by atoms with E-state index in [0.717, 1.165) is 22.3 Å². The number of anilines is 3. The van der Waals surface area contributed by atoms with Gasteiger partial charge in [0.25, 0.3) is 0 Å². The van der Waals surface area contributed by atoms with E-state index in [1.807, 2.05) is 18.0 Å². The summed E-state index contributed by atoms with van der Waals surface area (Å²) in [5, 5.41) is 2.35. The van der Waals surface area contributed by atoms with Crippen molar-refractivity contribution in [3.05, 3.63) is 158 Å². The summed E-state index contributed by atoms with van der Waals surface area (Å²) < 4.78 is 0. The zero-order valence-electron chi connectivity index (χ0n) is 22.8. The molecule has 2 heterocycles. The maximum atomic E-state index is 4.82. The summed E-state index contributed by atoms with van der Waals surface area (Å²) in [5.41, 5.74) is 10.5. The standard InChI is InChI=1S/C39H26N2S/c1-3-10-27(11-4-1)30-18-20-35-37(25-30)42-38-26-31(28-12-5-2-6-13-28)19-21-36(38)41(35)33-16-9-15-32(24-33)39-34-17-8-7-14-29(34)22-23-40-39/h1-26H. The van der Waals surface area contributed by atoms with Crippen molar-refractivity contribution < 1.29 is 0 Å². The van der Waals surface area contributed by atoms with Gasteiger partial charge in [0.1, 0.15) is 0 Å². The number of hydrogen-bond acceptors (Lipinski definition) is 3. The van der Waals surface area contributed by atoms with Crippen LogP contribution in [-0.2, 0) is 0 Å². The Morgan fingerprint density at radius 2 is 1.05 bits per heavy atom. The number of nitrogens with zero attached hydrogens (tertiary/aromatic N) is 2. The Balaban J connectivity index is 1.30. The quantitative estimate of drug-likeness (QED) is 0.215. The fourth-order valence-corrected chi connectivity index (χ4v) is 6.99. The molecule has 0 unspecified atom stereocenters. The summed E-state index contributed by atoms with van der Waals surface area (Å²) in [5.74, 6) is 0. The van der Waals surface area contributed by atoms with E-state index in [0.29, 0.717) is 0 Å². The second-order valence-electron chi connectivity index (χ2n) is 10.5. The number of hydrogen-bond donors (Lipinski definition) is 0. The van der Waals surface area contributed by atoms with Gasteiger partial charge in [0.05, 0.1) is 17.1 Å². The Morgan fingerprint density at radius 3 is 1.71 bits per heavy atom. The smallest absolute Gasteiger partial charge is 0.0781 e. The van der Waals surface area contributed by atoms with Crippen LogP contribution in [0, 0.1) is 0 Å². The first-order chi connectivity index (χ1) is 20.8. The van der Waals surface area contributed by atoms with Gasteiger partial charge >= 0.3 is 0 Å². The average Bonchev–Trinajstić information content (AvgIpc) is 3.07. The number of fused-ring (bicyclic) bond motifs is 3. The monoisotopic (exact) mass is 554 g/mol. The number of rotatable bonds is 4. The van der Waals surface area contributed by atoms with Gasteiger partial charge in [0.2, 0.25) is 0 Å². The van der Waals surface area contributed by atoms with Crippen LogP contribution in [0.1, 0.15) is 0 Å². The molecular formula is C39H26N2S. The largest absolute Gasteiger partial charge is 0.308 e. The van der Waals surface area contributed by atoms with Gasteiger partial charge in [-0.05, 0) is 70.1 Å². The molecule has 42 heavy (non-hydrogen) atoms. The van der Waals surface area contributed by atoms with E-state index in [9.17, 15) is 0 Å². The van der Waals surface area contributed by atoms with Crippen LogP contribution in [0.4, 0.5) is 17.1 Å². The number of benzene rings is 6. The van der Waals surface area contributed by atoms with Crippen LogP contribution in [0.15, 0.2) is 168 Å². The predicted octanol–water partition coefficient (Wildman–Crippen LogP) is 11.2. The molecule has 0 saturated carbocycles. The van der Waals surface area contributed by atoms with Crippen LogP contribution in [0.5, 0.6) is 0 Å². The molecule has 0 spiro atoms. The third-order valence-corrected chi connectivity index (χ3v) is 8.98. The van der Waals surface area contributed by atoms with Gasteiger partial charge in [-0.2, -0.15) is 0 Å². The first-order valence-corrected chi connectivity index (χ1v) is 14.9. The molecule has 0 saturated heterocycles. The number of aromatic nitrogens is 1. The topological polar surface area (TPSA) is 16.1 Å². The molecule has 0 aliphatic carbocycles. The van der Waals surface area contributed by atoms with Gasteiger partial charge in [0, 0.05) is 32.6 Å². The maximum Gasteiger partial charge on any atom is 0.0781 e. The molecule has 3 heteroatoms. The van der Waals surface area contributed by atoms with Crippen LogP contribution in [-0.4, -0.2) is 4.98 Å². The normalized spacial score (nSPS) is 12.1. The summed E-state index contributed by atoms with van der Waals surface area (Å²) >= 11 is 1.85. The lowest BCUT2D eigenvalue weighted by molar-refractivity contribution is 1.17. The van der Waals surface area contributed by atoms with Crippen molar-refractivity contribution >= 4 is 39.6 Å². The van der Waals surface area contributed by atoms with Crippen molar-refractivity contribution in [3.8, 4) is 33.5 Å². The fraction of sp³-hybridized carbons (Fsp3) is 0. The molecule has 8 rings (SSSR count). The highest BCUT2D eigenvalue weighted by molar-refractivity contribution is 7.99.